The first-order chi connectivity index (χ1) is 5.21. The van der Waals surface area contributed by atoms with Gasteiger partial charge in [0, 0.05) is 6.42 Å². The Hall–Kier alpha value is -0.390. The van der Waals surface area contributed by atoms with Crippen LogP contribution in [0.15, 0.2) is 0 Å². The molecule has 0 saturated carbocycles. The third-order valence-corrected chi connectivity index (χ3v) is 1.91. The van der Waals surface area contributed by atoms with Crippen LogP contribution in [0.3, 0.4) is 0 Å². The third kappa shape index (κ3) is 1.09. The Morgan fingerprint density at radius 3 is 1.92 bits per heavy atom. The topological polar surface area (TPSA) is 9.23 Å². The second-order valence-electron chi connectivity index (χ2n) is 2.89. The molecule has 2 atom stereocenters. The van der Waals surface area contributed by atoms with Crippen molar-refractivity contribution in [2.24, 2.45) is 0 Å². The fraction of sp³-hybridized carbons (Fsp3) is 1.00. The fourth-order valence-electron chi connectivity index (χ4n) is 1.07. The van der Waals surface area contributed by atoms with Crippen molar-refractivity contribution < 1.29 is 26.7 Å². The molecule has 0 radical (unpaired) electrons. The van der Waals surface area contributed by atoms with E-state index in [0.29, 0.717) is 6.92 Å². The fourth-order valence-corrected chi connectivity index (χ4v) is 1.07. The molecule has 0 bridgehead atoms. The van der Waals surface area contributed by atoms with E-state index in [1.165, 1.54) is 0 Å². The Kier molecular flexibility index (Phi) is 1.86. The minimum Gasteiger partial charge on any atom is -0.336 e. The van der Waals surface area contributed by atoms with Gasteiger partial charge in [0.2, 0.25) is 0 Å². The zero-order valence-corrected chi connectivity index (χ0v) is 6.21. The maximum atomic E-state index is 12.9. The predicted octanol–water partition coefficient (Wildman–Crippen LogP) is 2.36. The molecule has 0 aliphatic carbocycles. The highest BCUT2D eigenvalue weighted by Crippen LogP contribution is 2.50. The van der Waals surface area contributed by atoms with Gasteiger partial charge in [-0.2, -0.15) is 17.6 Å². The van der Waals surface area contributed by atoms with Gasteiger partial charge in [-0.15, -0.1) is 0 Å². The Labute approximate surface area is 65.5 Å². The molecule has 1 rings (SSSR count). The molecular formula is C6H7F5O. The van der Waals surface area contributed by atoms with Crippen LogP contribution in [0.5, 0.6) is 0 Å². The predicted molar refractivity (Wildman–Crippen MR) is 30.0 cm³/mol. The average Bonchev–Trinajstić information content (AvgIpc) is 2.07. The van der Waals surface area contributed by atoms with E-state index in [1.807, 2.05) is 0 Å². The van der Waals surface area contributed by atoms with Gasteiger partial charge in [-0.05, 0) is 6.92 Å². The van der Waals surface area contributed by atoms with Gasteiger partial charge in [-0.1, -0.05) is 0 Å². The normalized spacial score (nSPS) is 43.5. The Morgan fingerprint density at radius 2 is 1.75 bits per heavy atom. The van der Waals surface area contributed by atoms with Gasteiger partial charge >= 0.3 is 12.0 Å². The van der Waals surface area contributed by atoms with Crippen molar-refractivity contribution in [3.63, 3.8) is 0 Å². The van der Waals surface area contributed by atoms with Crippen molar-refractivity contribution in [2.75, 3.05) is 6.61 Å². The number of hydrogen-bond donors (Lipinski definition) is 0. The molecule has 0 spiro atoms. The summed E-state index contributed by atoms with van der Waals surface area (Å²) in [7, 11) is 0. The van der Waals surface area contributed by atoms with Crippen molar-refractivity contribution in [3.05, 3.63) is 0 Å². The standard InChI is InChI=1S/C6H7F5O/c1-4(7)2-3-12-5(4,8)6(9,10)11/h2-3H2,1H3. The maximum Gasteiger partial charge on any atom is 0.451 e. The van der Waals surface area contributed by atoms with Crippen molar-refractivity contribution in [3.8, 4) is 0 Å². The van der Waals surface area contributed by atoms with Crippen LogP contribution in [0.2, 0.25) is 0 Å². The van der Waals surface area contributed by atoms with E-state index in [1.54, 1.807) is 0 Å². The summed E-state index contributed by atoms with van der Waals surface area (Å²) in [5.74, 6) is -4.14. The summed E-state index contributed by atoms with van der Waals surface area (Å²) in [5.41, 5.74) is -2.98. The molecule has 0 aromatic carbocycles. The number of rotatable bonds is 0. The molecular weight excluding hydrogens is 183 g/mol. The maximum absolute atomic E-state index is 12.9. The first-order valence-corrected chi connectivity index (χ1v) is 3.29. The van der Waals surface area contributed by atoms with Crippen LogP contribution in [0, 0.1) is 0 Å². The van der Waals surface area contributed by atoms with E-state index in [2.05, 4.69) is 4.74 Å². The molecule has 2 unspecified atom stereocenters. The molecule has 0 aromatic rings. The minimum atomic E-state index is -5.31. The van der Waals surface area contributed by atoms with Crippen LogP contribution in [-0.4, -0.2) is 24.3 Å². The number of halogens is 5. The van der Waals surface area contributed by atoms with Gasteiger partial charge in [0.05, 0.1) is 6.61 Å². The van der Waals surface area contributed by atoms with Gasteiger partial charge in [0.25, 0.3) is 0 Å². The highest BCUT2D eigenvalue weighted by atomic mass is 19.4. The Balaban J connectivity index is 2.98. The quantitative estimate of drug-likeness (QED) is 0.533. The lowest BCUT2D eigenvalue weighted by atomic mass is 9.98. The zero-order chi connectivity index (χ0) is 9.62. The first-order valence-electron chi connectivity index (χ1n) is 3.29. The first kappa shape index (κ1) is 9.70. The minimum absolute atomic E-state index is 0.549. The van der Waals surface area contributed by atoms with Gasteiger partial charge in [-0.3, -0.25) is 0 Å². The largest absolute Gasteiger partial charge is 0.451 e. The lowest BCUT2D eigenvalue weighted by molar-refractivity contribution is -0.347. The molecule has 72 valence electrons. The molecule has 1 aliphatic heterocycles. The SMILES string of the molecule is CC1(F)CCOC1(F)C(F)(F)F. The van der Waals surface area contributed by atoms with Crippen LogP contribution < -0.4 is 0 Å². The average molecular weight is 190 g/mol. The Morgan fingerprint density at radius 1 is 1.25 bits per heavy atom. The summed E-state index contributed by atoms with van der Waals surface area (Å²) in [5, 5.41) is 0. The summed E-state index contributed by atoms with van der Waals surface area (Å²) < 4.78 is 65.3. The zero-order valence-electron chi connectivity index (χ0n) is 6.21. The second kappa shape index (κ2) is 2.31. The molecule has 1 fully saturated rings. The summed E-state index contributed by atoms with van der Waals surface area (Å²) in [4.78, 5) is 0. The summed E-state index contributed by atoms with van der Waals surface area (Å²) in [6.45, 7) is -0.00347. The highest BCUT2D eigenvalue weighted by molar-refractivity contribution is 5.00. The van der Waals surface area contributed by atoms with Crippen LogP contribution in [0.1, 0.15) is 13.3 Å². The second-order valence-corrected chi connectivity index (χ2v) is 2.89. The lowest BCUT2D eigenvalue weighted by Crippen LogP contribution is -2.53. The number of ether oxygens (including phenoxy) is 1. The van der Waals surface area contributed by atoms with E-state index < -0.39 is 30.7 Å². The summed E-state index contributed by atoms with van der Waals surface area (Å²) in [6, 6.07) is 0. The summed E-state index contributed by atoms with van der Waals surface area (Å²) in [6.07, 6.45) is -5.89. The van der Waals surface area contributed by atoms with E-state index >= 15 is 0 Å². The van der Waals surface area contributed by atoms with E-state index in [9.17, 15) is 22.0 Å². The van der Waals surface area contributed by atoms with E-state index in [0.717, 1.165) is 0 Å². The van der Waals surface area contributed by atoms with Crippen LogP contribution in [0.25, 0.3) is 0 Å². The van der Waals surface area contributed by atoms with Gasteiger partial charge in [0.1, 0.15) is 0 Å². The lowest BCUT2D eigenvalue weighted by Gasteiger charge is -2.30. The molecule has 1 heterocycles. The molecule has 6 heteroatoms. The number of hydrogen-bond acceptors (Lipinski definition) is 1. The van der Waals surface area contributed by atoms with Crippen molar-refractivity contribution in [1.82, 2.24) is 0 Å². The highest BCUT2D eigenvalue weighted by Gasteiger charge is 2.71. The monoisotopic (exact) mass is 190 g/mol. The smallest absolute Gasteiger partial charge is 0.336 e. The molecule has 0 aromatic heterocycles. The van der Waals surface area contributed by atoms with Crippen LogP contribution in [-0.2, 0) is 4.74 Å². The van der Waals surface area contributed by atoms with Crippen molar-refractivity contribution in [2.45, 2.75) is 31.0 Å². The molecule has 0 N–H and O–H groups in total. The third-order valence-electron chi connectivity index (χ3n) is 1.91. The van der Waals surface area contributed by atoms with Gasteiger partial charge < -0.3 is 4.74 Å². The molecule has 12 heavy (non-hydrogen) atoms. The molecule has 1 saturated heterocycles. The molecule has 1 aliphatic rings. The van der Waals surface area contributed by atoms with Crippen molar-refractivity contribution in [1.29, 1.82) is 0 Å². The Bertz CT molecular complexity index is 187. The van der Waals surface area contributed by atoms with Crippen molar-refractivity contribution >= 4 is 0 Å². The van der Waals surface area contributed by atoms with Crippen LogP contribution >= 0.6 is 0 Å². The van der Waals surface area contributed by atoms with E-state index in [4.69, 9.17) is 0 Å². The summed E-state index contributed by atoms with van der Waals surface area (Å²) >= 11 is 0. The molecule has 0 amide bonds. The van der Waals surface area contributed by atoms with Gasteiger partial charge in [0.15, 0.2) is 5.67 Å². The van der Waals surface area contributed by atoms with Gasteiger partial charge in [-0.25, -0.2) is 4.39 Å². The van der Waals surface area contributed by atoms with Crippen LogP contribution in [0.4, 0.5) is 22.0 Å². The number of alkyl halides is 5. The molecule has 1 nitrogen and oxygen atoms in total. The van der Waals surface area contributed by atoms with E-state index in [-0.39, 0.29) is 0 Å².